The molecule has 4 rings (SSSR count). The molecule has 1 aliphatic carbocycles. The van der Waals surface area contributed by atoms with E-state index in [4.69, 9.17) is 4.74 Å². The molecule has 0 aromatic heterocycles. The van der Waals surface area contributed by atoms with Crippen LogP contribution in [0.15, 0.2) is 24.3 Å². The molecule has 2 aliphatic heterocycles. The lowest BCUT2D eigenvalue weighted by molar-refractivity contribution is -0.140. The highest BCUT2D eigenvalue weighted by Gasteiger charge is 2.44. The van der Waals surface area contributed by atoms with Gasteiger partial charge in [0.15, 0.2) is 0 Å². The van der Waals surface area contributed by atoms with E-state index in [1.165, 1.54) is 19.3 Å². The molecule has 1 spiro atoms. The number of piperidine rings is 1. The number of carbonyl (C=O) groups is 2. The lowest BCUT2D eigenvalue weighted by Gasteiger charge is -2.47. The minimum Gasteiger partial charge on any atom is -0.487 e. The van der Waals surface area contributed by atoms with Gasteiger partial charge in [-0.25, -0.2) is 0 Å². The average Bonchev–Trinajstić information content (AvgIpc) is 2.74. The van der Waals surface area contributed by atoms with E-state index in [0.29, 0.717) is 12.3 Å². The summed E-state index contributed by atoms with van der Waals surface area (Å²) >= 11 is 0. The van der Waals surface area contributed by atoms with Gasteiger partial charge in [-0.2, -0.15) is 0 Å². The summed E-state index contributed by atoms with van der Waals surface area (Å²) in [6, 6.07) is 8.31. The average molecular weight is 413 g/mol. The summed E-state index contributed by atoms with van der Waals surface area (Å²) < 4.78 is 6.56. The van der Waals surface area contributed by atoms with Crippen LogP contribution in [0.2, 0.25) is 0 Å². The minimum atomic E-state index is -0.263. The van der Waals surface area contributed by atoms with Gasteiger partial charge < -0.3 is 15.0 Å². The van der Waals surface area contributed by atoms with Gasteiger partial charge in [0, 0.05) is 50.2 Å². The number of hydrogen-bond acceptors (Lipinski definition) is 3. The van der Waals surface area contributed by atoms with Crippen molar-refractivity contribution in [1.82, 2.24) is 10.2 Å². The molecule has 164 valence electrons. The Bertz CT molecular complexity index is 761. The molecule has 1 saturated carbocycles. The molecule has 2 fully saturated rings. The molecule has 2 amide bonds. The van der Waals surface area contributed by atoms with Gasteiger partial charge in [-0.3, -0.25) is 9.59 Å². The van der Waals surface area contributed by atoms with Crippen LogP contribution in [-0.2, 0) is 9.59 Å². The van der Waals surface area contributed by atoms with Gasteiger partial charge >= 0.3 is 0 Å². The van der Waals surface area contributed by atoms with Gasteiger partial charge in [-0.05, 0) is 44.7 Å². The zero-order valence-electron chi connectivity index (χ0n) is 18.5. The number of nitrogens with zero attached hydrogens (tertiary/aromatic N) is 1. The second-order valence-electron chi connectivity index (χ2n) is 9.81. The smallest absolute Gasteiger partial charge is 0.225 e. The van der Waals surface area contributed by atoms with Crippen LogP contribution in [0.5, 0.6) is 5.75 Å². The lowest BCUT2D eigenvalue weighted by Crippen LogP contribution is -2.53. The van der Waals surface area contributed by atoms with Crippen molar-refractivity contribution in [2.75, 3.05) is 13.1 Å². The summed E-state index contributed by atoms with van der Waals surface area (Å²) in [6.07, 6.45) is 8.79. The minimum absolute atomic E-state index is 0.103. The van der Waals surface area contributed by atoms with E-state index in [9.17, 15) is 9.59 Å². The number of hydrogen-bond donors (Lipinski definition) is 1. The Morgan fingerprint density at radius 2 is 1.83 bits per heavy atom. The van der Waals surface area contributed by atoms with Gasteiger partial charge in [0.2, 0.25) is 11.8 Å². The van der Waals surface area contributed by atoms with Crippen LogP contribution in [0, 0.1) is 5.92 Å². The van der Waals surface area contributed by atoms with Crippen molar-refractivity contribution in [1.29, 1.82) is 0 Å². The fraction of sp³-hybridized carbons (Fsp3) is 0.680. The molecule has 1 unspecified atom stereocenters. The fourth-order valence-electron chi connectivity index (χ4n) is 5.58. The third-order valence-electron chi connectivity index (χ3n) is 7.13. The summed E-state index contributed by atoms with van der Waals surface area (Å²) in [4.78, 5) is 27.6. The highest BCUT2D eigenvalue weighted by molar-refractivity contribution is 5.79. The Kier molecular flexibility index (Phi) is 6.35. The Balaban J connectivity index is 1.44. The first-order valence-electron chi connectivity index (χ1n) is 11.8. The normalized spacial score (nSPS) is 23.7. The predicted octanol–water partition coefficient (Wildman–Crippen LogP) is 4.41. The number of likely N-dealkylation sites (tertiary alicyclic amines) is 1. The van der Waals surface area contributed by atoms with Crippen molar-refractivity contribution in [3.05, 3.63) is 29.8 Å². The summed E-state index contributed by atoms with van der Waals surface area (Å²) in [5, 5.41) is 3.04. The molecule has 1 saturated heterocycles. The lowest BCUT2D eigenvalue weighted by atomic mass is 9.76. The molecule has 5 heteroatoms. The molecule has 1 aromatic rings. The van der Waals surface area contributed by atoms with E-state index in [-0.39, 0.29) is 29.4 Å². The van der Waals surface area contributed by atoms with E-state index in [1.54, 1.807) is 0 Å². The van der Waals surface area contributed by atoms with Crippen molar-refractivity contribution in [2.45, 2.75) is 89.2 Å². The van der Waals surface area contributed by atoms with Crippen molar-refractivity contribution in [3.63, 3.8) is 0 Å². The second kappa shape index (κ2) is 8.99. The summed E-state index contributed by atoms with van der Waals surface area (Å²) in [5.74, 6) is 1.76. The molecule has 0 bridgehead atoms. The van der Waals surface area contributed by atoms with Crippen LogP contribution in [0.3, 0.4) is 0 Å². The number of rotatable bonds is 4. The van der Waals surface area contributed by atoms with Gasteiger partial charge in [0.1, 0.15) is 11.4 Å². The zero-order valence-corrected chi connectivity index (χ0v) is 18.5. The van der Waals surface area contributed by atoms with Gasteiger partial charge in [0.25, 0.3) is 0 Å². The van der Waals surface area contributed by atoms with Crippen molar-refractivity contribution < 1.29 is 14.3 Å². The summed E-state index contributed by atoms with van der Waals surface area (Å²) in [6.45, 7) is 5.53. The van der Waals surface area contributed by atoms with Gasteiger partial charge in [0.05, 0.1) is 0 Å². The maximum Gasteiger partial charge on any atom is 0.225 e. The van der Waals surface area contributed by atoms with Crippen LogP contribution >= 0.6 is 0 Å². The molecular formula is C25H36N2O3. The third-order valence-corrected chi connectivity index (χ3v) is 7.13. The van der Waals surface area contributed by atoms with Crippen molar-refractivity contribution in [3.8, 4) is 5.75 Å². The topological polar surface area (TPSA) is 58.6 Å². The molecule has 3 aliphatic rings. The highest BCUT2D eigenvalue weighted by Crippen LogP contribution is 2.46. The van der Waals surface area contributed by atoms with Crippen LogP contribution < -0.4 is 10.1 Å². The molecule has 1 N–H and O–H groups in total. The maximum absolute atomic E-state index is 13.0. The van der Waals surface area contributed by atoms with Crippen LogP contribution in [0.4, 0.5) is 0 Å². The van der Waals surface area contributed by atoms with Gasteiger partial charge in [-0.1, -0.05) is 37.5 Å². The number of amides is 2. The Morgan fingerprint density at radius 1 is 1.13 bits per heavy atom. The Morgan fingerprint density at radius 3 is 2.53 bits per heavy atom. The molecule has 5 nitrogen and oxygen atoms in total. The maximum atomic E-state index is 13.0. The SMILES string of the molecule is CC(C)NC(=O)CC1CC2(CCN(C(=O)C3CCCCC3)CC2)Oc2ccccc21. The molecule has 30 heavy (non-hydrogen) atoms. The largest absolute Gasteiger partial charge is 0.487 e. The predicted molar refractivity (Wildman–Crippen MR) is 117 cm³/mol. The van der Waals surface area contributed by atoms with E-state index in [1.807, 2.05) is 32.0 Å². The molecule has 2 heterocycles. The Labute approximate surface area is 180 Å². The zero-order chi connectivity index (χ0) is 21.1. The first-order valence-corrected chi connectivity index (χ1v) is 11.8. The van der Waals surface area contributed by atoms with Crippen molar-refractivity contribution in [2.24, 2.45) is 5.92 Å². The second-order valence-corrected chi connectivity index (χ2v) is 9.81. The van der Waals surface area contributed by atoms with Gasteiger partial charge in [-0.15, -0.1) is 0 Å². The molecule has 1 atom stereocenters. The summed E-state index contributed by atoms with van der Waals surface area (Å²) in [5.41, 5.74) is 0.878. The molecular weight excluding hydrogens is 376 g/mol. The van der Waals surface area contributed by atoms with Crippen LogP contribution in [-0.4, -0.2) is 41.4 Å². The number of ether oxygens (including phenoxy) is 1. The fourth-order valence-corrected chi connectivity index (χ4v) is 5.58. The van der Waals surface area contributed by atoms with E-state index in [0.717, 1.165) is 56.5 Å². The quantitative estimate of drug-likeness (QED) is 0.797. The van der Waals surface area contributed by atoms with Crippen LogP contribution in [0.25, 0.3) is 0 Å². The van der Waals surface area contributed by atoms with Crippen LogP contribution in [0.1, 0.15) is 83.1 Å². The van der Waals surface area contributed by atoms with Crippen molar-refractivity contribution >= 4 is 11.8 Å². The third kappa shape index (κ3) is 4.65. The number of fused-ring (bicyclic) bond motifs is 1. The first-order chi connectivity index (χ1) is 14.5. The molecule has 1 aromatic carbocycles. The van der Waals surface area contributed by atoms with E-state index >= 15 is 0 Å². The number of carbonyl (C=O) groups excluding carboxylic acids is 2. The highest BCUT2D eigenvalue weighted by atomic mass is 16.5. The number of nitrogens with one attached hydrogen (secondary N) is 1. The first kappa shape index (κ1) is 21.2. The Hall–Kier alpha value is -2.04. The summed E-state index contributed by atoms with van der Waals surface area (Å²) in [7, 11) is 0. The van der Waals surface area contributed by atoms with E-state index in [2.05, 4.69) is 16.3 Å². The molecule has 0 radical (unpaired) electrons. The van der Waals surface area contributed by atoms with E-state index < -0.39 is 0 Å². The number of benzene rings is 1. The standard InChI is InChI=1S/C25H36N2O3/c1-18(2)26-23(28)16-20-17-25(30-22-11-7-6-10-21(20)22)12-14-27(15-13-25)24(29)19-8-4-3-5-9-19/h6-7,10-11,18-20H,3-5,8-9,12-17H2,1-2H3,(H,26,28). The number of para-hydroxylation sites is 1. The monoisotopic (exact) mass is 412 g/mol.